The number of hydrogen-bond acceptors (Lipinski definition) is 4. The lowest BCUT2D eigenvalue weighted by Crippen LogP contribution is -2.39. The van der Waals surface area contributed by atoms with Crippen LogP contribution in [0.25, 0.3) is 0 Å². The molecule has 1 saturated heterocycles. The van der Waals surface area contributed by atoms with Gasteiger partial charge >= 0.3 is 12.2 Å². The molecule has 0 atom stereocenters. The van der Waals surface area contributed by atoms with E-state index in [0.29, 0.717) is 13.1 Å². The fraction of sp³-hybridized carbons (Fsp3) is 0.556. The molecule has 0 spiro atoms. The van der Waals surface area contributed by atoms with Crippen LogP contribution in [0, 0.1) is 0 Å². The van der Waals surface area contributed by atoms with Gasteiger partial charge in [0.05, 0.1) is 6.54 Å². The third-order valence-electron chi connectivity index (χ3n) is 4.05. The minimum absolute atomic E-state index is 0.184. The van der Waals surface area contributed by atoms with Crippen molar-refractivity contribution in [2.45, 2.75) is 32.8 Å². The van der Waals surface area contributed by atoms with Gasteiger partial charge in [0.1, 0.15) is 13.2 Å². The average Bonchev–Trinajstić information content (AvgIpc) is 2.64. The van der Waals surface area contributed by atoms with Crippen molar-refractivity contribution in [1.29, 1.82) is 0 Å². The molecule has 6 nitrogen and oxygen atoms in total. The molecular weight excluding hydrogens is 308 g/mol. The van der Waals surface area contributed by atoms with E-state index in [1.54, 1.807) is 4.90 Å². The van der Waals surface area contributed by atoms with Crippen LogP contribution in [0.3, 0.4) is 0 Å². The van der Waals surface area contributed by atoms with Crippen molar-refractivity contribution >= 4 is 12.2 Å². The summed E-state index contributed by atoms with van der Waals surface area (Å²) in [6, 6.07) is 9.54. The number of piperidine rings is 1. The number of carbonyl (C=O) groups is 2. The first-order valence-corrected chi connectivity index (χ1v) is 8.58. The van der Waals surface area contributed by atoms with Gasteiger partial charge in [-0.2, -0.15) is 0 Å². The fourth-order valence-electron chi connectivity index (χ4n) is 2.60. The topological polar surface area (TPSA) is 59.1 Å². The lowest BCUT2D eigenvalue weighted by Gasteiger charge is -2.26. The third kappa shape index (κ3) is 5.76. The highest BCUT2D eigenvalue weighted by Crippen LogP contribution is 2.10. The number of likely N-dealkylation sites (tertiary alicyclic amines) is 1. The second-order valence-corrected chi connectivity index (χ2v) is 5.78. The molecule has 2 amide bonds. The number of rotatable bonds is 6. The number of benzene rings is 1. The SMILES string of the molecule is CCN(CCOC(=O)N1CCCCC1)C(=O)OCc1ccccc1. The van der Waals surface area contributed by atoms with Crippen molar-refractivity contribution in [2.24, 2.45) is 0 Å². The van der Waals surface area contributed by atoms with E-state index in [4.69, 9.17) is 9.47 Å². The second-order valence-electron chi connectivity index (χ2n) is 5.78. The highest BCUT2D eigenvalue weighted by atomic mass is 16.6. The Labute approximate surface area is 143 Å². The van der Waals surface area contributed by atoms with Crippen LogP contribution in [0.4, 0.5) is 9.59 Å². The van der Waals surface area contributed by atoms with Gasteiger partial charge in [0.15, 0.2) is 0 Å². The minimum atomic E-state index is -0.393. The van der Waals surface area contributed by atoms with E-state index < -0.39 is 6.09 Å². The highest BCUT2D eigenvalue weighted by Gasteiger charge is 2.19. The van der Waals surface area contributed by atoms with E-state index in [1.165, 1.54) is 11.3 Å². The summed E-state index contributed by atoms with van der Waals surface area (Å²) in [5.41, 5.74) is 0.943. The normalized spacial score (nSPS) is 14.1. The van der Waals surface area contributed by atoms with Gasteiger partial charge in [0.2, 0.25) is 0 Å². The summed E-state index contributed by atoms with van der Waals surface area (Å²) in [5.74, 6) is 0. The molecule has 132 valence electrons. The molecule has 1 heterocycles. The largest absolute Gasteiger partial charge is 0.448 e. The van der Waals surface area contributed by atoms with E-state index in [1.807, 2.05) is 37.3 Å². The van der Waals surface area contributed by atoms with Gasteiger partial charge in [0, 0.05) is 19.6 Å². The number of nitrogens with zero attached hydrogens (tertiary/aromatic N) is 2. The zero-order valence-electron chi connectivity index (χ0n) is 14.3. The molecule has 1 aromatic rings. The monoisotopic (exact) mass is 334 g/mol. The summed E-state index contributed by atoms with van der Waals surface area (Å²) in [6.07, 6.45) is 2.55. The standard InChI is InChI=1S/C18H26N2O4/c1-2-19(17(21)24-15-16-9-5-3-6-10-16)13-14-23-18(22)20-11-7-4-8-12-20/h3,5-6,9-10H,2,4,7-8,11-15H2,1H3. The minimum Gasteiger partial charge on any atom is -0.448 e. The van der Waals surface area contributed by atoms with Crippen LogP contribution < -0.4 is 0 Å². The van der Waals surface area contributed by atoms with Gasteiger partial charge in [0.25, 0.3) is 0 Å². The number of ether oxygens (including phenoxy) is 2. The first kappa shape index (κ1) is 18.1. The third-order valence-corrected chi connectivity index (χ3v) is 4.05. The van der Waals surface area contributed by atoms with Gasteiger partial charge in [-0.1, -0.05) is 30.3 Å². The fourth-order valence-corrected chi connectivity index (χ4v) is 2.60. The summed E-state index contributed by atoms with van der Waals surface area (Å²) in [4.78, 5) is 27.3. The molecule has 6 heteroatoms. The van der Waals surface area contributed by atoms with Gasteiger partial charge in [-0.15, -0.1) is 0 Å². The predicted octanol–water partition coefficient (Wildman–Crippen LogP) is 3.27. The van der Waals surface area contributed by atoms with Crippen LogP contribution in [-0.4, -0.2) is 54.8 Å². The average molecular weight is 334 g/mol. The van der Waals surface area contributed by atoms with E-state index in [2.05, 4.69) is 0 Å². The first-order valence-electron chi connectivity index (χ1n) is 8.58. The molecule has 0 aliphatic carbocycles. The van der Waals surface area contributed by atoms with Crippen LogP contribution in [-0.2, 0) is 16.1 Å². The Morgan fingerprint density at radius 1 is 1.08 bits per heavy atom. The molecule has 0 radical (unpaired) electrons. The Morgan fingerprint density at radius 2 is 1.79 bits per heavy atom. The molecule has 0 bridgehead atoms. The van der Waals surface area contributed by atoms with Crippen LogP contribution in [0.5, 0.6) is 0 Å². The van der Waals surface area contributed by atoms with Crippen LogP contribution in [0.1, 0.15) is 31.7 Å². The molecule has 0 aromatic heterocycles. The van der Waals surface area contributed by atoms with Gasteiger partial charge in [-0.25, -0.2) is 9.59 Å². The van der Waals surface area contributed by atoms with E-state index in [-0.39, 0.29) is 19.3 Å². The summed E-state index contributed by atoms with van der Waals surface area (Å²) < 4.78 is 10.6. The molecule has 1 aliphatic rings. The molecule has 24 heavy (non-hydrogen) atoms. The molecule has 1 fully saturated rings. The summed E-state index contributed by atoms with van der Waals surface area (Å²) in [6.45, 7) is 4.66. The molecular formula is C18H26N2O4. The molecule has 2 rings (SSSR count). The quantitative estimate of drug-likeness (QED) is 0.801. The molecule has 0 unspecified atom stereocenters. The van der Waals surface area contributed by atoms with Gasteiger partial charge in [-0.3, -0.25) is 0 Å². The van der Waals surface area contributed by atoms with Crippen LogP contribution in [0.2, 0.25) is 0 Å². The number of likely N-dealkylation sites (N-methyl/N-ethyl adjacent to an activating group) is 1. The Kier molecular flexibility index (Phi) is 7.39. The maximum atomic E-state index is 12.1. The van der Waals surface area contributed by atoms with Crippen molar-refractivity contribution in [3.8, 4) is 0 Å². The van der Waals surface area contributed by atoms with Crippen molar-refractivity contribution in [3.05, 3.63) is 35.9 Å². The van der Waals surface area contributed by atoms with Crippen molar-refractivity contribution < 1.29 is 19.1 Å². The molecule has 0 N–H and O–H groups in total. The summed E-state index contributed by atoms with van der Waals surface area (Å²) in [7, 11) is 0. The second kappa shape index (κ2) is 9.80. The van der Waals surface area contributed by atoms with E-state index >= 15 is 0 Å². The lowest BCUT2D eigenvalue weighted by atomic mass is 10.1. The Morgan fingerprint density at radius 3 is 2.46 bits per heavy atom. The maximum Gasteiger partial charge on any atom is 0.410 e. The summed E-state index contributed by atoms with van der Waals surface area (Å²) >= 11 is 0. The highest BCUT2D eigenvalue weighted by molar-refractivity contribution is 5.68. The van der Waals surface area contributed by atoms with Crippen LogP contribution >= 0.6 is 0 Å². The van der Waals surface area contributed by atoms with Crippen molar-refractivity contribution in [2.75, 3.05) is 32.8 Å². The first-order chi connectivity index (χ1) is 11.7. The van der Waals surface area contributed by atoms with Crippen molar-refractivity contribution in [1.82, 2.24) is 9.80 Å². The smallest absolute Gasteiger partial charge is 0.410 e. The Hall–Kier alpha value is -2.24. The van der Waals surface area contributed by atoms with Crippen LogP contribution in [0.15, 0.2) is 30.3 Å². The predicted molar refractivity (Wildman–Crippen MR) is 90.6 cm³/mol. The van der Waals surface area contributed by atoms with Gasteiger partial charge < -0.3 is 19.3 Å². The van der Waals surface area contributed by atoms with E-state index in [9.17, 15) is 9.59 Å². The zero-order chi connectivity index (χ0) is 17.2. The zero-order valence-corrected chi connectivity index (χ0v) is 14.3. The lowest BCUT2D eigenvalue weighted by molar-refractivity contribution is 0.0700. The summed E-state index contributed by atoms with van der Waals surface area (Å²) in [5, 5.41) is 0. The Bertz CT molecular complexity index is 515. The number of hydrogen-bond donors (Lipinski definition) is 0. The number of carbonyl (C=O) groups excluding carboxylic acids is 2. The number of amides is 2. The van der Waals surface area contributed by atoms with E-state index in [0.717, 1.165) is 31.5 Å². The Balaban J connectivity index is 1.68. The maximum absolute atomic E-state index is 12.1. The molecule has 1 aromatic carbocycles. The molecule has 1 aliphatic heterocycles. The molecule has 0 saturated carbocycles. The van der Waals surface area contributed by atoms with Gasteiger partial charge in [-0.05, 0) is 31.7 Å². The van der Waals surface area contributed by atoms with Crippen molar-refractivity contribution in [3.63, 3.8) is 0 Å².